The summed E-state index contributed by atoms with van der Waals surface area (Å²) in [5, 5.41) is 0.265. The van der Waals surface area contributed by atoms with Crippen LogP contribution >= 0.6 is 11.6 Å². The van der Waals surface area contributed by atoms with E-state index in [-0.39, 0.29) is 11.0 Å². The molecule has 88 valence electrons. The molecular weight excluding hydrogens is 250 g/mol. The molecule has 0 spiro atoms. The van der Waals surface area contributed by atoms with Crippen LogP contribution in [0.3, 0.4) is 0 Å². The van der Waals surface area contributed by atoms with Gasteiger partial charge >= 0.3 is 10.2 Å². The molecule has 1 saturated heterocycles. The molecule has 1 aromatic heterocycles. The normalized spacial score (nSPS) is 17.6. The summed E-state index contributed by atoms with van der Waals surface area (Å²) in [6.07, 6.45) is 1.81. The van der Waals surface area contributed by atoms with Gasteiger partial charge < -0.3 is 0 Å². The van der Waals surface area contributed by atoms with Crippen LogP contribution in [0.5, 0.6) is 0 Å². The van der Waals surface area contributed by atoms with Crippen molar-refractivity contribution in [2.45, 2.75) is 12.8 Å². The first kappa shape index (κ1) is 11.6. The topological polar surface area (TPSA) is 62.3 Å². The molecule has 0 saturated carbocycles. The Hall–Kier alpha value is -0.850. The molecule has 2 heterocycles. The lowest BCUT2D eigenvalue weighted by Crippen LogP contribution is -2.33. The summed E-state index contributed by atoms with van der Waals surface area (Å²) >= 11 is 5.67. The lowest BCUT2D eigenvalue weighted by molar-refractivity contribution is 0.482. The second-order valence-corrected chi connectivity index (χ2v) is 5.62. The minimum absolute atomic E-state index is 0.249. The number of rotatable bonds is 3. The Bertz CT molecular complexity index is 471. The Morgan fingerprint density at radius 3 is 2.62 bits per heavy atom. The average Bonchev–Trinajstić information content (AvgIpc) is 2.69. The summed E-state index contributed by atoms with van der Waals surface area (Å²) in [6.45, 7) is 1.13. The number of nitrogens with zero attached hydrogens (tertiary/aromatic N) is 2. The maximum atomic E-state index is 11.8. The van der Waals surface area contributed by atoms with E-state index in [1.807, 2.05) is 0 Å². The van der Waals surface area contributed by atoms with Gasteiger partial charge in [-0.2, -0.15) is 12.7 Å². The second-order valence-electron chi connectivity index (χ2n) is 3.56. The first-order chi connectivity index (χ1) is 7.58. The summed E-state index contributed by atoms with van der Waals surface area (Å²) < 4.78 is 27.5. The van der Waals surface area contributed by atoms with Crippen LogP contribution in [0.1, 0.15) is 12.8 Å². The Kier molecular flexibility index (Phi) is 3.32. The summed E-state index contributed by atoms with van der Waals surface area (Å²) in [5.74, 6) is 0.249. The van der Waals surface area contributed by atoms with Gasteiger partial charge in [0.15, 0.2) is 0 Å². The van der Waals surface area contributed by atoms with Crippen LogP contribution in [0.15, 0.2) is 18.2 Å². The largest absolute Gasteiger partial charge is 0.302 e. The van der Waals surface area contributed by atoms with Gasteiger partial charge in [0.2, 0.25) is 0 Å². The highest BCUT2D eigenvalue weighted by Crippen LogP contribution is 2.16. The first-order valence-electron chi connectivity index (χ1n) is 4.98. The molecule has 7 heteroatoms. The fraction of sp³-hybridized carbons (Fsp3) is 0.444. The van der Waals surface area contributed by atoms with E-state index in [1.165, 1.54) is 4.31 Å². The molecule has 1 fully saturated rings. The van der Waals surface area contributed by atoms with E-state index < -0.39 is 10.2 Å². The third-order valence-electron chi connectivity index (χ3n) is 2.35. The lowest BCUT2D eigenvalue weighted by Gasteiger charge is -2.16. The first-order valence-corrected chi connectivity index (χ1v) is 6.80. The molecule has 16 heavy (non-hydrogen) atoms. The van der Waals surface area contributed by atoms with Crippen molar-refractivity contribution in [2.24, 2.45) is 0 Å². The number of hydrogen-bond donors (Lipinski definition) is 1. The molecule has 0 unspecified atom stereocenters. The average molecular weight is 262 g/mol. The molecule has 1 N–H and O–H groups in total. The molecule has 0 atom stereocenters. The molecule has 1 aliphatic rings. The SMILES string of the molecule is O=S(=O)(Nc1cccc(Cl)n1)N1CCCC1. The van der Waals surface area contributed by atoms with E-state index in [1.54, 1.807) is 18.2 Å². The predicted octanol–water partition coefficient (Wildman–Crippen LogP) is 1.49. The molecule has 1 aromatic rings. The minimum Gasteiger partial charge on any atom is -0.254 e. The van der Waals surface area contributed by atoms with Gasteiger partial charge in [0.25, 0.3) is 0 Å². The molecule has 5 nitrogen and oxygen atoms in total. The van der Waals surface area contributed by atoms with Crippen molar-refractivity contribution >= 4 is 27.6 Å². The van der Waals surface area contributed by atoms with Gasteiger partial charge in [0.1, 0.15) is 11.0 Å². The van der Waals surface area contributed by atoms with Crippen LogP contribution in [0.25, 0.3) is 0 Å². The van der Waals surface area contributed by atoms with Gasteiger partial charge in [0, 0.05) is 13.1 Å². The van der Waals surface area contributed by atoms with Crippen LogP contribution in [-0.2, 0) is 10.2 Å². The number of anilines is 1. The molecule has 2 rings (SSSR count). The Balaban J connectivity index is 2.14. The van der Waals surface area contributed by atoms with Crippen molar-refractivity contribution in [1.29, 1.82) is 0 Å². The van der Waals surface area contributed by atoms with E-state index in [9.17, 15) is 8.42 Å². The van der Waals surface area contributed by atoms with Gasteiger partial charge in [-0.3, -0.25) is 4.72 Å². The number of pyridine rings is 1. The quantitative estimate of drug-likeness (QED) is 0.839. The summed E-state index contributed by atoms with van der Waals surface area (Å²) in [7, 11) is -3.47. The van der Waals surface area contributed by atoms with Gasteiger partial charge in [-0.1, -0.05) is 17.7 Å². The standard InChI is InChI=1S/C9H12ClN3O2S/c10-8-4-3-5-9(11-8)12-16(14,15)13-6-1-2-7-13/h3-5H,1-2,6-7H2,(H,11,12). The highest BCUT2D eigenvalue weighted by atomic mass is 35.5. The summed E-state index contributed by atoms with van der Waals surface area (Å²) in [5.41, 5.74) is 0. The van der Waals surface area contributed by atoms with E-state index >= 15 is 0 Å². The molecule has 0 aromatic carbocycles. The lowest BCUT2D eigenvalue weighted by atomic mass is 10.4. The highest BCUT2D eigenvalue weighted by molar-refractivity contribution is 7.90. The predicted molar refractivity (Wildman–Crippen MR) is 62.6 cm³/mol. The van der Waals surface area contributed by atoms with Crippen LogP contribution in [-0.4, -0.2) is 30.8 Å². The van der Waals surface area contributed by atoms with E-state index in [0.717, 1.165) is 12.8 Å². The summed E-state index contributed by atoms with van der Waals surface area (Å²) in [6, 6.07) is 4.81. The minimum atomic E-state index is -3.47. The number of nitrogens with one attached hydrogen (secondary N) is 1. The molecule has 1 aliphatic heterocycles. The number of aromatic nitrogens is 1. The van der Waals surface area contributed by atoms with E-state index in [4.69, 9.17) is 11.6 Å². The highest BCUT2D eigenvalue weighted by Gasteiger charge is 2.25. The van der Waals surface area contributed by atoms with Crippen molar-refractivity contribution in [3.8, 4) is 0 Å². The van der Waals surface area contributed by atoms with E-state index in [0.29, 0.717) is 13.1 Å². The monoisotopic (exact) mass is 261 g/mol. The maximum absolute atomic E-state index is 11.8. The maximum Gasteiger partial charge on any atom is 0.302 e. The fourth-order valence-corrected chi connectivity index (χ4v) is 3.00. The third-order valence-corrected chi connectivity index (χ3v) is 4.08. The Morgan fingerprint density at radius 2 is 2.00 bits per heavy atom. The smallest absolute Gasteiger partial charge is 0.254 e. The molecule has 0 amide bonds. The van der Waals surface area contributed by atoms with Gasteiger partial charge in [-0.15, -0.1) is 0 Å². The molecule has 0 radical (unpaired) electrons. The van der Waals surface area contributed by atoms with Crippen molar-refractivity contribution in [3.63, 3.8) is 0 Å². The zero-order valence-corrected chi connectivity index (χ0v) is 10.1. The van der Waals surface area contributed by atoms with Gasteiger partial charge in [0.05, 0.1) is 0 Å². The van der Waals surface area contributed by atoms with Crippen molar-refractivity contribution in [3.05, 3.63) is 23.4 Å². The van der Waals surface area contributed by atoms with Gasteiger partial charge in [-0.05, 0) is 25.0 Å². The molecule has 0 bridgehead atoms. The number of hydrogen-bond acceptors (Lipinski definition) is 3. The van der Waals surface area contributed by atoms with Crippen molar-refractivity contribution in [1.82, 2.24) is 9.29 Å². The van der Waals surface area contributed by atoms with Crippen LogP contribution in [0.2, 0.25) is 5.15 Å². The van der Waals surface area contributed by atoms with Crippen molar-refractivity contribution < 1.29 is 8.42 Å². The van der Waals surface area contributed by atoms with Crippen LogP contribution < -0.4 is 4.72 Å². The van der Waals surface area contributed by atoms with Crippen LogP contribution in [0.4, 0.5) is 5.82 Å². The Labute approximate surface area is 99.6 Å². The molecule has 0 aliphatic carbocycles. The third kappa shape index (κ3) is 2.63. The fourth-order valence-electron chi connectivity index (χ4n) is 1.59. The second kappa shape index (κ2) is 4.57. The molecular formula is C9H12ClN3O2S. The number of halogens is 1. The zero-order chi connectivity index (χ0) is 11.6. The van der Waals surface area contributed by atoms with Crippen molar-refractivity contribution in [2.75, 3.05) is 17.8 Å². The summed E-state index contributed by atoms with van der Waals surface area (Å²) in [4.78, 5) is 3.88. The Morgan fingerprint density at radius 1 is 1.31 bits per heavy atom. The van der Waals surface area contributed by atoms with Gasteiger partial charge in [-0.25, -0.2) is 4.98 Å². The zero-order valence-electron chi connectivity index (χ0n) is 8.56. The van der Waals surface area contributed by atoms with E-state index in [2.05, 4.69) is 9.71 Å². The van der Waals surface area contributed by atoms with Crippen LogP contribution in [0, 0.1) is 0 Å².